The van der Waals surface area contributed by atoms with Gasteiger partial charge in [0.2, 0.25) is 0 Å². The van der Waals surface area contributed by atoms with Crippen molar-refractivity contribution in [1.82, 2.24) is 0 Å². The summed E-state index contributed by atoms with van der Waals surface area (Å²) in [5, 5.41) is 10.6. The van der Waals surface area contributed by atoms with Crippen molar-refractivity contribution in [3.63, 3.8) is 0 Å². The van der Waals surface area contributed by atoms with Gasteiger partial charge in [-0.25, -0.2) is 0 Å². The maximum Gasteiger partial charge on any atom is 0.158 e. The van der Waals surface area contributed by atoms with Gasteiger partial charge < -0.3 is 5.11 Å². The Morgan fingerprint density at radius 1 is 1.47 bits per heavy atom. The van der Waals surface area contributed by atoms with Gasteiger partial charge in [-0.15, -0.1) is 0 Å². The van der Waals surface area contributed by atoms with Gasteiger partial charge in [0, 0.05) is 21.2 Å². The minimum Gasteiger partial charge on any atom is -0.383 e. The van der Waals surface area contributed by atoms with E-state index in [1.54, 1.807) is 12.1 Å². The van der Waals surface area contributed by atoms with Gasteiger partial charge in [-0.1, -0.05) is 35.8 Å². The number of rotatable bonds is 3. The Kier molecular flexibility index (Phi) is 3.91. The molecular weight excluding hydrogens is 235 g/mol. The van der Waals surface area contributed by atoms with E-state index in [1.165, 1.54) is 13.0 Å². The van der Waals surface area contributed by atoms with Gasteiger partial charge in [0.05, 0.1) is 0 Å². The third kappa shape index (κ3) is 2.81. The maximum absolute atomic E-state index is 11.0. The molecule has 2 nitrogen and oxygen atoms in total. The van der Waals surface area contributed by atoms with E-state index in [2.05, 4.69) is 6.58 Å². The first-order valence-corrected chi connectivity index (χ1v) is 5.02. The van der Waals surface area contributed by atoms with Gasteiger partial charge in [-0.05, 0) is 19.1 Å². The normalized spacial score (nSPS) is 12.3. The minimum atomic E-state index is -1.08. The molecule has 0 aromatic heterocycles. The van der Waals surface area contributed by atoms with Crippen molar-refractivity contribution in [1.29, 1.82) is 0 Å². The van der Waals surface area contributed by atoms with Crippen molar-refractivity contribution in [3.05, 3.63) is 46.0 Å². The molecule has 0 radical (unpaired) electrons. The highest BCUT2D eigenvalue weighted by Gasteiger charge is 2.17. The highest BCUT2D eigenvalue weighted by molar-refractivity contribution is 6.35. The molecule has 0 unspecified atom stereocenters. The van der Waals surface area contributed by atoms with E-state index < -0.39 is 6.10 Å². The smallest absolute Gasteiger partial charge is 0.158 e. The lowest BCUT2D eigenvalue weighted by molar-refractivity contribution is -0.114. The first kappa shape index (κ1) is 12.2. The Labute approximate surface area is 98.1 Å². The molecule has 1 aromatic carbocycles. The van der Waals surface area contributed by atoms with Gasteiger partial charge in [0.25, 0.3) is 0 Å². The quantitative estimate of drug-likeness (QED) is 0.830. The average Bonchev–Trinajstić information content (AvgIpc) is 2.15. The Bertz CT molecular complexity index is 413. The molecule has 1 atom stereocenters. The fraction of sp³-hybridized carbons (Fsp3) is 0.182. The third-order valence-electron chi connectivity index (χ3n) is 2.04. The largest absolute Gasteiger partial charge is 0.383 e. The lowest BCUT2D eigenvalue weighted by Crippen LogP contribution is -2.07. The summed E-state index contributed by atoms with van der Waals surface area (Å²) in [6, 6.07) is 4.68. The number of ketones is 1. The van der Waals surface area contributed by atoms with E-state index in [-0.39, 0.29) is 11.4 Å². The van der Waals surface area contributed by atoms with E-state index in [1.807, 2.05) is 0 Å². The summed E-state index contributed by atoms with van der Waals surface area (Å²) in [5.74, 6) is -0.270. The van der Waals surface area contributed by atoms with Crippen LogP contribution in [0.5, 0.6) is 0 Å². The molecule has 0 saturated carbocycles. The first-order valence-electron chi connectivity index (χ1n) is 4.26. The van der Waals surface area contributed by atoms with Crippen molar-refractivity contribution in [2.45, 2.75) is 13.0 Å². The summed E-state index contributed by atoms with van der Waals surface area (Å²) in [5.41, 5.74) is 0.542. The molecular formula is C11H10Cl2O2. The lowest BCUT2D eigenvalue weighted by Gasteiger charge is -2.13. The first-order chi connectivity index (χ1) is 6.93. The Balaban J connectivity index is 3.06. The van der Waals surface area contributed by atoms with Crippen molar-refractivity contribution < 1.29 is 9.90 Å². The molecule has 1 N–H and O–H groups in total. The third-order valence-corrected chi connectivity index (χ3v) is 2.60. The van der Waals surface area contributed by atoms with Crippen LogP contribution in [-0.4, -0.2) is 10.9 Å². The average molecular weight is 245 g/mol. The number of carbonyl (C=O) groups is 1. The molecule has 15 heavy (non-hydrogen) atoms. The van der Waals surface area contributed by atoms with Crippen molar-refractivity contribution >= 4 is 29.0 Å². The molecule has 1 aromatic rings. The predicted octanol–water partition coefficient (Wildman–Crippen LogP) is 3.17. The van der Waals surface area contributed by atoms with Crippen LogP contribution < -0.4 is 0 Å². The zero-order valence-electron chi connectivity index (χ0n) is 8.13. The molecule has 0 fully saturated rings. The molecule has 0 aliphatic carbocycles. The van der Waals surface area contributed by atoms with Gasteiger partial charge in [0.15, 0.2) is 5.78 Å². The summed E-state index contributed by atoms with van der Waals surface area (Å²) in [6.07, 6.45) is -1.08. The maximum atomic E-state index is 11.0. The van der Waals surface area contributed by atoms with Crippen LogP contribution in [0.2, 0.25) is 10.0 Å². The SMILES string of the molecule is C=C(C(C)=O)[C@@H](O)c1ccc(Cl)cc1Cl. The molecule has 0 aliphatic rings. The summed E-state index contributed by atoms with van der Waals surface area (Å²) >= 11 is 11.6. The van der Waals surface area contributed by atoms with Gasteiger partial charge >= 0.3 is 0 Å². The van der Waals surface area contributed by atoms with Crippen LogP contribution >= 0.6 is 23.2 Å². The zero-order chi connectivity index (χ0) is 11.6. The second-order valence-corrected chi connectivity index (χ2v) is 3.99. The monoisotopic (exact) mass is 244 g/mol. The molecule has 4 heteroatoms. The summed E-state index contributed by atoms with van der Waals surface area (Å²) in [4.78, 5) is 11.0. The van der Waals surface area contributed by atoms with Crippen molar-refractivity contribution in [3.8, 4) is 0 Å². The summed E-state index contributed by atoms with van der Waals surface area (Å²) in [6.45, 7) is 4.85. The Morgan fingerprint density at radius 2 is 2.07 bits per heavy atom. The Hall–Kier alpha value is -0.830. The number of hydrogen-bond acceptors (Lipinski definition) is 2. The number of halogens is 2. The highest BCUT2D eigenvalue weighted by atomic mass is 35.5. The van der Waals surface area contributed by atoms with E-state index in [0.29, 0.717) is 15.6 Å². The molecule has 0 bridgehead atoms. The molecule has 80 valence electrons. The number of carbonyl (C=O) groups excluding carboxylic acids is 1. The Morgan fingerprint density at radius 3 is 2.53 bits per heavy atom. The van der Waals surface area contributed by atoms with E-state index >= 15 is 0 Å². The number of Topliss-reactive ketones (excluding diaryl/α,β-unsaturated/α-hetero) is 1. The lowest BCUT2D eigenvalue weighted by atomic mass is 10.0. The number of hydrogen-bond donors (Lipinski definition) is 1. The molecule has 0 amide bonds. The molecule has 1 rings (SSSR count). The van der Waals surface area contributed by atoms with Crippen molar-refractivity contribution in [2.24, 2.45) is 0 Å². The van der Waals surface area contributed by atoms with Crippen LogP contribution in [-0.2, 0) is 4.79 Å². The van der Waals surface area contributed by atoms with E-state index in [4.69, 9.17) is 23.2 Å². The highest BCUT2D eigenvalue weighted by Crippen LogP contribution is 2.29. The van der Waals surface area contributed by atoms with Crippen molar-refractivity contribution in [2.75, 3.05) is 0 Å². The zero-order valence-corrected chi connectivity index (χ0v) is 9.64. The molecule has 0 heterocycles. The van der Waals surface area contributed by atoms with Crippen LogP contribution in [0, 0.1) is 0 Å². The second-order valence-electron chi connectivity index (χ2n) is 3.15. The number of benzene rings is 1. The second kappa shape index (κ2) is 4.79. The van der Waals surface area contributed by atoms with Gasteiger partial charge in [0.1, 0.15) is 6.10 Å². The molecule has 0 spiro atoms. The standard InChI is InChI=1S/C11H10Cl2O2/c1-6(7(2)14)11(15)9-4-3-8(12)5-10(9)13/h3-5,11,15H,1H2,2H3/t11-/m1/s1. The van der Waals surface area contributed by atoms with Crippen LogP contribution in [0.3, 0.4) is 0 Å². The van der Waals surface area contributed by atoms with Crippen LogP contribution in [0.4, 0.5) is 0 Å². The van der Waals surface area contributed by atoms with E-state index in [9.17, 15) is 9.90 Å². The topological polar surface area (TPSA) is 37.3 Å². The summed E-state index contributed by atoms with van der Waals surface area (Å²) < 4.78 is 0. The van der Waals surface area contributed by atoms with Gasteiger partial charge in [-0.3, -0.25) is 4.79 Å². The van der Waals surface area contributed by atoms with Gasteiger partial charge in [-0.2, -0.15) is 0 Å². The van der Waals surface area contributed by atoms with Crippen LogP contribution in [0.25, 0.3) is 0 Å². The number of aliphatic hydroxyl groups is 1. The number of aliphatic hydroxyl groups excluding tert-OH is 1. The molecule has 0 aliphatic heterocycles. The van der Waals surface area contributed by atoms with Crippen LogP contribution in [0.1, 0.15) is 18.6 Å². The fourth-order valence-corrected chi connectivity index (χ4v) is 1.62. The molecule has 0 saturated heterocycles. The fourth-order valence-electron chi connectivity index (χ4n) is 1.10. The predicted molar refractivity (Wildman–Crippen MR) is 61.2 cm³/mol. The summed E-state index contributed by atoms with van der Waals surface area (Å²) in [7, 11) is 0. The minimum absolute atomic E-state index is 0.110. The van der Waals surface area contributed by atoms with Crippen LogP contribution in [0.15, 0.2) is 30.4 Å². The van der Waals surface area contributed by atoms with E-state index in [0.717, 1.165) is 0 Å².